The maximum absolute atomic E-state index is 10.5. The number of pyridine rings is 2. The maximum Gasteiger partial charge on any atom is 0.363 e. The molecule has 0 aliphatic rings. The van der Waals surface area contributed by atoms with Gasteiger partial charge in [0.25, 0.3) is 0 Å². The number of ether oxygens (including phenoxy) is 1. The van der Waals surface area contributed by atoms with Gasteiger partial charge in [0.15, 0.2) is 24.1 Å². The van der Waals surface area contributed by atoms with Crippen LogP contribution in [0.2, 0.25) is 0 Å². The van der Waals surface area contributed by atoms with Crippen LogP contribution < -0.4 is 4.74 Å². The summed E-state index contributed by atoms with van der Waals surface area (Å²) in [5.41, 5.74) is 0.569. The highest BCUT2D eigenvalue weighted by Crippen LogP contribution is 2.25. The maximum atomic E-state index is 10.5. The number of aromatic nitrogens is 3. The standard InChI is InChI=1S/C13H8N4O4/c18-17(19)13-2-1-10(6-16-13)21-9-3-4-15-11(5-9)12-7-14-8-20-12/h1-8H. The minimum absolute atomic E-state index is 0.237. The van der Waals surface area contributed by atoms with E-state index in [0.29, 0.717) is 23.0 Å². The van der Waals surface area contributed by atoms with Crippen LogP contribution in [-0.2, 0) is 0 Å². The summed E-state index contributed by atoms with van der Waals surface area (Å²) in [5.74, 6) is 1.17. The summed E-state index contributed by atoms with van der Waals surface area (Å²) in [4.78, 5) is 21.6. The normalized spacial score (nSPS) is 10.3. The Balaban J connectivity index is 1.81. The zero-order chi connectivity index (χ0) is 14.7. The van der Waals surface area contributed by atoms with E-state index in [1.165, 1.54) is 24.7 Å². The number of oxazole rings is 1. The van der Waals surface area contributed by atoms with E-state index < -0.39 is 4.92 Å². The molecule has 0 bridgehead atoms. The Morgan fingerprint density at radius 1 is 1.14 bits per heavy atom. The second-order valence-corrected chi connectivity index (χ2v) is 3.95. The highest BCUT2D eigenvalue weighted by molar-refractivity contribution is 5.53. The Labute approximate surface area is 118 Å². The molecule has 0 fully saturated rings. The van der Waals surface area contributed by atoms with Crippen molar-refractivity contribution in [3.8, 4) is 23.0 Å². The predicted molar refractivity (Wildman–Crippen MR) is 70.7 cm³/mol. The topological polar surface area (TPSA) is 104 Å². The van der Waals surface area contributed by atoms with Crippen molar-refractivity contribution in [1.82, 2.24) is 15.0 Å². The molecule has 0 saturated heterocycles. The lowest BCUT2D eigenvalue weighted by atomic mass is 10.3. The largest absolute Gasteiger partial charge is 0.453 e. The lowest BCUT2D eigenvalue weighted by Crippen LogP contribution is -1.92. The van der Waals surface area contributed by atoms with Gasteiger partial charge < -0.3 is 19.3 Å². The van der Waals surface area contributed by atoms with Crippen LogP contribution in [0.1, 0.15) is 0 Å². The monoisotopic (exact) mass is 284 g/mol. The van der Waals surface area contributed by atoms with Crippen LogP contribution in [0.4, 0.5) is 5.82 Å². The van der Waals surface area contributed by atoms with Crippen molar-refractivity contribution in [3.63, 3.8) is 0 Å². The first-order valence-electron chi connectivity index (χ1n) is 5.85. The van der Waals surface area contributed by atoms with Crippen LogP contribution in [0.3, 0.4) is 0 Å². The Bertz CT molecular complexity index is 756. The molecule has 21 heavy (non-hydrogen) atoms. The molecule has 0 radical (unpaired) electrons. The molecule has 3 aromatic rings. The molecule has 0 aromatic carbocycles. The second kappa shape index (κ2) is 5.37. The van der Waals surface area contributed by atoms with Crippen molar-refractivity contribution in [1.29, 1.82) is 0 Å². The SMILES string of the molecule is O=[N+]([O-])c1ccc(Oc2ccnc(-c3cnco3)c2)cn1. The van der Waals surface area contributed by atoms with Gasteiger partial charge in [0.2, 0.25) is 0 Å². The molecular weight excluding hydrogens is 276 g/mol. The molecule has 0 atom stereocenters. The predicted octanol–water partition coefficient (Wildman–Crippen LogP) is 2.83. The van der Waals surface area contributed by atoms with Gasteiger partial charge in [0.05, 0.1) is 6.20 Å². The van der Waals surface area contributed by atoms with E-state index in [2.05, 4.69) is 15.0 Å². The fourth-order valence-corrected chi connectivity index (χ4v) is 1.63. The fourth-order valence-electron chi connectivity index (χ4n) is 1.63. The smallest absolute Gasteiger partial charge is 0.363 e. The molecule has 0 aliphatic carbocycles. The van der Waals surface area contributed by atoms with E-state index in [4.69, 9.17) is 9.15 Å². The van der Waals surface area contributed by atoms with E-state index in [1.807, 2.05) is 0 Å². The van der Waals surface area contributed by atoms with Gasteiger partial charge >= 0.3 is 5.82 Å². The first-order chi connectivity index (χ1) is 10.2. The number of nitrogens with zero attached hydrogens (tertiary/aromatic N) is 4. The summed E-state index contributed by atoms with van der Waals surface area (Å²) in [7, 11) is 0. The molecule has 3 aromatic heterocycles. The highest BCUT2D eigenvalue weighted by Gasteiger charge is 2.09. The molecule has 0 saturated carbocycles. The van der Waals surface area contributed by atoms with Crippen LogP contribution in [-0.4, -0.2) is 19.9 Å². The molecule has 0 spiro atoms. The molecule has 3 rings (SSSR count). The number of hydrogen-bond acceptors (Lipinski definition) is 7. The average molecular weight is 284 g/mol. The Kier molecular flexibility index (Phi) is 3.26. The highest BCUT2D eigenvalue weighted by atomic mass is 16.6. The van der Waals surface area contributed by atoms with Crippen molar-refractivity contribution in [3.05, 3.63) is 59.4 Å². The second-order valence-electron chi connectivity index (χ2n) is 3.95. The van der Waals surface area contributed by atoms with Crippen molar-refractivity contribution in [2.45, 2.75) is 0 Å². The minimum Gasteiger partial charge on any atom is -0.453 e. The molecule has 3 heterocycles. The summed E-state index contributed by atoms with van der Waals surface area (Å²) in [6.45, 7) is 0. The van der Waals surface area contributed by atoms with E-state index in [-0.39, 0.29) is 5.82 Å². The van der Waals surface area contributed by atoms with E-state index in [0.717, 1.165) is 0 Å². The van der Waals surface area contributed by atoms with Gasteiger partial charge in [-0.1, -0.05) is 0 Å². The third-order valence-electron chi connectivity index (χ3n) is 2.56. The van der Waals surface area contributed by atoms with Crippen LogP contribution in [0, 0.1) is 10.1 Å². The third-order valence-corrected chi connectivity index (χ3v) is 2.56. The lowest BCUT2D eigenvalue weighted by molar-refractivity contribution is -0.389. The van der Waals surface area contributed by atoms with Gasteiger partial charge in [0.1, 0.15) is 11.4 Å². The molecule has 0 amide bonds. The third kappa shape index (κ3) is 2.84. The van der Waals surface area contributed by atoms with Gasteiger partial charge in [-0.15, -0.1) is 0 Å². The lowest BCUT2D eigenvalue weighted by Gasteiger charge is -2.04. The number of hydrogen-bond donors (Lipinski definition) is 0. The summed E-state index contributed by atoms with van der Waals surface area (Å²) < 4.78 is 10.7. The zero-order valence-corrected chi connectivity index (χ0v) is 10.5. The van der Waals surface area contributed by atoms with Crippen LogP contribution in [0.5, 0.6) is 11.5 Å². The fraction of sp³-hybridized carbons (Fsp3) is 0. The zero-order valence-electron chi connectivity index (χ0n) is 10.5. The molecular formula is C13H8N4O4. The van der Waals surface area contributed by atoms with Gasteiger partial charge in [-0.25, -0.2) is 4.98 Å². The molecule has 0 aliphatic heterocycles. The number of nitro groups is 1. The van der Waals surface area contributed by atoms with Crippen LogP contribution in [0.15, 0.2) is 53.7 Å². The Hall–Kier alpha value is -3.29. The van der Waals surface area contributed by atoms with E-state index >= 15 is 0 Å². The van der Waals surface area contributed by atoms with E-state index in [9.17, 15) is 10.1 Å². The summed E-state index contributed by atoms with van der Waals surface area (Å²) >= 11 is 0. The van der Waals surface area contributed by atoms with E-state index in [1.54, 1.807) is 24.5 Å². The molecule has 0 unspecified atom stereocenters. The van der Waals surface area contributed by atoms with Crippen LogP contribution in [0.25, 0.3) is 11.5 Å². The summed E-state index contributed by atoms with van der Waals surface area (Å²) in [6, 6.07) is 6.07. The van der Waals surface area contributed by atoms with Gasteiger partial charge in [-0.05, 0) is 22.0 Å². The van der Waals surface area contributed by atoms with Crippen molar-refractivity contribution < 1.29 is 14.1 Å². The molecule has 104 valence electrons. The first kappa shape index (κ1) is 12.7. The Morgan fingerprint density at radius 2 is 2.05 bits per heavy atom. The van der Waals surface area contributed by atoms with Gasteiger partial charge in [0, 0.05) is 18.3 Å². The van der Waals surface area contributed by atoms with Gasteiger partial charge in [-0.3, -0.25) is 4.98 Å². The minimum atomic E-state index is -0.571. The average Bonchev–Trinajstić information content (AvgIpc) is 3.02. The molecule has 8 heteroatoms. The first-order valence-corrected chi connectivity index (χ1v) is 5.85. The molecule has 8 nitrogen and oxygen atoms in total. The Morgan fingerprint density at radius 3 is 2.71 bits per heavy atom. The summed E-state index contributed by atoms with van der Waals surface area (Å²) in [6.07, 6.45) is 5.70. The quantitative estimate of drug-likeness (QED) is 0.535. The van der Waals surface area contributed by atoms with Gasteiger partial charge in [-0.2, -0.15) is 0 Å². The molecule has 0 N–H and O–H groups in total. The van der Waals surface area contributed by atoms with Crippen molar-refractivity contribution >= 4 is 5.82 Å². The summed E-state index contributed by atoms with van der Waals surface area (Å²) in [5, 5.41) is 10.5. The van der Waals surface area contributed by atoms with Crippen molar-refractivity contribution in [2.75, 3.05) is 0 Å². The number of rotatable bonds is 4. The van der Waals surface area contributed by atoms with Crippen LogP contribution >= 0.6 is 0 Å². The van der Waals surface area contributed by atoms with Crippen molar-refractivity contribution in [2.24, 2.45) is 0 Å².